The highest BCUT2D eigenvalue weighted by Gasteiger charge is 2.21. The van der Waals surface area contributed by atoms with E-state index in [9.17, 15) is 4.79 Å². The summed E-state index contributed by atoms with van der Waals surface area (Å²) in [5, 5.41) is 6.89. The number of benzene rings is 2. The molecule has 1 unspecified atom stereocenters. The molecule has 7 heteroatoms. The van der Waals surface area contributed by atoms with Crippen molar-refractivity contribution < 1.29 is 4.79 Å². The molecule has 4 N–H and O–H groups in total. The van der Waals surface area contributed by atoms with E-state index in [1.807, 2.05) is 48.5 Å². The van der Waals surface area contributed by atoms with E-state index >= 15 is 0 Å². The molecule has 1 aliphatic rings. The summed E-state index contributed by atoms with van der Waals surface area (Å²) in [5.74, 6) is -0.155. The largest absolute Gasteiger partial charge is 0.324 e. The number of carbonyl (C=O) groups excluding carboxylic acids is 1. The number of rotatable bonds is 6. The number of carbonyl (C=O) groups is 1. The van der Waals surface area contributed by atoms with Crippen molar-refractivity contribution in [1.29, 1.82) is 0 Å². The Kier molecular flexibility index (Phi) is 5.53. The van der Waals surface area contributed by atoms with Gasteiger partial charge in [-0.15, -0.1) is 0 Å². The fourth-order valence-electron chi connectivity index (χ4n) is 3.15. The summed E-state index contributed by atoms with van der Waals surface area (Å²) in [6.45, 7) is 1.18. The smallest absolute Gasteiger partial charge is 0.246 e. The monoisotopic (exact) mass is 393 g/mol. The quantitative estimate of drug-likeness (QED) is 0.514. The third-order valence-corrected chi connectivity index (χ3v) is 4.77. The summed E-state index contributed by atoms with van der Waals surface area (Å²) in [7, 11) is 0. The second-order valence-electron chi connectivity index (χ2n) is 6.53. The van der Waals surface area contributed by atoms with Gasteiger partial charge in [0.1, 0.15) is 6.04 Å². The van der Waals surface area contributed by atoms with E-state index in [1.165, 1.54) is 0 Å². The second kappa shape index (κ2) is 8.39. The molecule has 2 heterocycles. The Morgan fingerprint density at radius 2 is 2.07 bits per heavy atom. The fraction of sp³-hybridized carbons (Fsp3) is 0.143. The molecule has 0 radical (unpaired) electrons. The molecular weight excluding hydrogens is 374 g/mol. The third kappa shape index (κ3) is 4.31. The van der Waals surface area contributed by atoms with Crippen molar-refractivity contribution >= 4 is 28.9 Å². The zero-order chi connectivity index (χ0) is 19.3. The average Bonchev–Trinajstić information content (AvgIpc) is 3.17. The van der Waals surface area contributed by atoms with Crippen molar-refractivity contribution in [3.63, 3.8) is 0 Å². The van der Waals surface area contributed by atoms with Gasteiger partial charge in [0.2, 0.25) is 5.91 Å². The van der Waals surface area contributed by atoms with Crippen molar-refractivity contribution in [3.8, 4) is 0 Å². The number of amides is 1. The van der Waals surface area contributed by atoms with Crippen LogP contribution in [-0.4, -0.2) is 10.9 Å². The van der Waals surface area contributed by atoms with Crippen LogP contribution in [0, 0.1) is 0 Å². The minimum atomic E-state index is -0.565. The van der Waals surface area contributed by atoms with Crippen molar-refractivity contribution in [2.45, 2.75) is 19.1 Å². The van der Waals surface area contributed by atoms with Crippen LogP contribution in [0.5, 0.6) is 0 Å². The van der Waals surface area contributed by atoms with Crippen LogP contribution in [0.1, 0.15) is 22.9 Å². The number of anilines is 2. The number of hydrogen-bond donors (Lipinski definition) is 4. The van der Waals surface area contributed by atoms with Crippen LogP contribution in [0.25, 0.3) is 0 Å². The molecule has 142 valence electrons. The lowest BCUT2D eigenvalue weighted by atomic mass is 10.1. The van der Waals surface area contributed by atoms with E-state index in [1.54, 1.807) is 18.3 Å². The molecule has 0 saturated heterocycles. The SMILES string of the molecule is O=C(Nc1ccc2c(c1)CNN2)C(NCc1ccccn1)c1cccc(Cl)c1. The van der Waals surface area contributed by atoms with E-state index in [-0.39, 0.29) is 5.91 Å². The number of pyridine rings is 1. The minimum Gasteiger partial charge on any atom is -0.324 e. The van der Waals surface area contributed by atoms with Gasteiger partial charge in [-0.3, -0.25) is 15.1 Å². The molecule has 1 amide bonds. The van der Waals surface area contributed by atoms with Gasteiger partial charge >= 0.3 is 0 Å². The van der Waals surface area contributed by atoms with Gasteiger partial charge in [0.15, 0.2) is 0 Å². The first kappa shape index (κ1) is 18.4. The third-order valence-electron chi connectivity index (χ3n) is 4.53. The highest BCUT2D eigenvalue weighted by molar-refractivity contribution is 6.30. The van der Waals surface area contributed by atoms with E-state index in [2.05, 4.69) is 26.5 Å². The Morgan fingerprint density at radius 1 is 1.14 bits per heavy atom. The summed E-state index contributed by atoms with van der Waals surface area (Å²) in [6, 6.07) is 18.2. The van der Waals surface area contributed by atoms with Crippen LogP contribution in [0.3, 0.4) is 0 Å². The van der Waals surface area contributed by atoms with Gasteiger partial charge in [-0.1, -0.05) is 29.8 Å². The predicted octanol–water partition coefficient (Wildman–Crippen LogP) is 3.63. The average molecular weight is 394 g/mol. The number of hydrazine groups is 1. The number of nitrogens with one attached hydrogen (secondary N) is 4. The highest BCUT2D eigenvalue weighted by atomic mass is 35.5. The molecule has 0 aliphatic carbocycles. The lowest BCUT2D eigenvalue weighted by Crippen LogP contribution is -2.33. The number of nitrogens with zero attached hydrogens (tertiary/aromatic N) is 1. The van der Waals surface area contributed by atoms with Gasteiger partial charge < -0.3 is 10.7 Å². The van der Waals surface area contributed by atoms with Gasteiger partial charge in [-0.25, -0.2) is 5.43 Å². The molecule has 2 aromatic carbocycles. The summed E-state index contributed by atoms with van der Waals surface area (Å²) < 4.78 is 0. The first-order valence-electron chi connectivity index (χ1n) is 9.00. The van der Waals surface area contributed by atoms with Crippen molar-refractivity contribution in [3.05, 3.63) is 88.7 Å². The lowest BCUT2D eigenvalue weighted by Gasteiger charge is -2.19. The molecule has 1 aliphatic heterocycles. The summed E-state index contributed by atoms with van der Waals surface area (Å²) in [6.07, 6.45) is 1.73. The van der Waals surface area contributed by atoms with Crippen LogP contribution < -0.4 is 21.5 Å². The minimum absolute atomic E-state index is 0.155. The Balaban J connectivity index is 1.54. The molecule has 0 bridgehead atoms. The number of fused-ring (bicyclic) bond motifs is 1. The molecule has 3 aromatic rings. The molecular formula is C21H20ClN5O. The number of halogens is 1. The van der Waals surface area contributed by atoms with Gasteiger partial charge in [-0.05, 0) is 53.6 Å². The maximum absolute atomic E-state index is 13.1. The van der Waals surface area contributed by atoms with Crippen LogP contribution >= 0.6 is 11.6 Å². The fourth-order valence-corrected chi connectivity index (χ4v) is 3.34. The van der Waals surface area contributed by atoms with E-state index in [4.69, 9.17) is 11.6 Å². The molecule has 0 spiro atoms. The van der Waals surface area contributed by atoms with Crippen LogP contribution in [0.4, 0.5) is 11.4 Å². The molecule has 6 nitrogen and oxygen atoms in total. The first-order valence-corrected chi connectivity index (χ1v) is 9.38. The Hall–Kier alpha value is -2.93. The maximum Gasteiger partial charge on any atom is 0.246 e. The Bertz CT molecular complexity index is 980. The normalized spacial score (nSPS) is 13.5. The topological polar surface area (TPSA) is 78.1 Å². The number of aromatic nitrogens is 1. The number of hydrogen-bond acceptors (Lipinski definition) is 5. The molecule has 0 saturated carbocycles. The maximum atomic E-state index is 13.1. The van der Waals surface area contributed by atoms with E-state index < -0.39 is 6.04 Å². The van der Waals surface area contributed by atoms with Crippen molar-refractivity contribution in [1.82, 2.24) is 15.7 Å². The summed E-state index contributed by atoms with van der Waals surface area (Å²) in [4.78, 5) is 17.4. The molecule has 4 rings (SSSR count). The van der Waals surface area contributed by atoms with Gasteiger partial charge in [-0.2, -0.15) is 0 Å². The predicted molar refractivity (Wildman–Crippen MR) is 111 cm³/mol. The highest BCUT2D eigenvalue weighted by Crippen LogP contribution is 2.25. The first-order chi connectivity index (χ1) is 13.7. The standard InChI is InChI=1S/C21H20ClN5O/c22-16-5-3-4-14(10-16)20(24-13-18-6-1-2-9-23-18)21(28)26-17-7-8-19-15(11-17)12-25-27-19/h1-11,20,24-25,27H,12-13H2,(H,26,28). The zero-order valence-corrected chi connectivity index (χ0v) is 15.8. The van der Waals surface area contributed by atoms with E-state index in [0.29, 0.717) is 18.1 Å². The Morgan fingerprint density at radius 3 is 2.89 bits per heavy atom. The summed E-state index contributed by atoms with van der Waals surface area (Å²) >= 11 is 6.15. The molecule has 1 aromatic heterocycles. The Labute approximate surface area is 168 Å². The molecule has 1 atom stereocenters. The van der Waals surface area contributed by atoms with Crippen LogP contribution in [-0.2, 0) is 17.9 Å². The van der Waals surface area contributed by atoms with E-state index in [0.717, 1.165) is 28.2 Å². The molecule has 28 heavy (non-hydrogen) atoms. The lowest BCUT2D eigenvalue weighted by molar-refractivity contribution is -0.118. The van der Waals surface area contributed by atoms with Crippen molar-refractivity contribution in [2.75, 3.05) is 10.7 Å². The zero-order valence-electron chi connectivity index (χ0n) is 15.1. The summed E-state index contributed by atoms with van der Waals surface area (Å²) in [5.41, 5.74) is 10.7. The second-order valence-corrected chi connectivity index (χ2v) is 6.97. The van der Waals surface area contributed by atoms with Gasteiger partial charge in [0, 0.05) is 30.0 Å². The molecule has 0 fully saturated rings. The van der Waals surface area contributed by atoms with Crippen LogP contribution in [0.2, 0.25) is 5.02 Å². The van der Waals surface area contributed by atoms with Crippen molar-refractivity contribution in [2.24, 2.45) is 0 Å². The van der Waals surface area contributed by atoms with Crippen LogP contribution in [0.15, 0.2) is 66.9 Å². The van der Waals surface area contributed by atoms with Gasteiger partial charge in [0.25, 0.3) is 0 Å². The van der Waals surface area contributed by atoms with Gasteiger partial charge in [0.05, 0.1) is 11.4 Å².